The molecule has 1 amide bonds. The molecule has 0 saturated heterocycles. The van der Waals surface area contributed by atoms with E-state index in [1.807, 2.05) is 24.3 Å². The minimum absolute atomic E-state index is 0.0250. The van der Waals surface area contributed by atoms with Crippen molar-refractivity contribution in [2.75, 3.05) is 25.0 Å². The summed E-state index contributed by atoms with van der Waals surface area (Å²) in [4.78, 5) is 16.2. The Kier molecular flexibility index (Phi) is 5.51. The van der Waals surface area contributed by atoms with Crippen LogP contribution in [0.2, 0.25) is 5.02 Å². The Hall–Kier alpha value is -2.31. The van der Waals surface area contributed by atoms with Crippen LogP contribution in [0.25, 0.3) is 10.2 Å². The van der Waals surface area contributed by atoms with Crippen LogP contribution in [-0.4, -0.2) is 30.6 Å². The fourth-order valence-electron chi connectivity index (χ4n) is 2.05. The van der Waals surface area contributed by atoms with Crippen LogP contribution in [0.4, 0.5) is 5.13 Å². The van der Waals surface area contributed by atoms with Gasteiger partial charge in [-0.1, -0.05) is 35.1 Å². The zero-order valence-electron chi connectivity index (χ0n) is 12.8. The molecule has 0 radical (unpaired) electrons. The SMILES string of the molecule is O=C(COc1ccc(Cl)cc1)NCCNc1nc2ccccc2s1. The Morgan fingerprint density at radius 1 is 1.12 bits per heavy atom. The van der Waals surface area contributed by atoms with Gasteiger partial charge in [0.25, 0.3) is 5.91 Å². The van der Waals surface area contributed by atoms with E-state index in [-0.39, 0.29) is 12.5 Å². The van der Waals surface area contributed by atoms with Gasteiger partial charge in [-0.15, -0.1) is 0 Å². The van der Waals surface area contributed by atoms with E-state index in [1.54, 1.807) is 35.6 Å². The van der Waals surface area contributed by atoms with E-state index >= 15 is 0 Å². The van der Waals surface area contributed by atoms with Gasteiger partial charge in [-0.25, -0.2) is 4.98 Å². The average molecular weight is 362 g/mol. The molecule has 3 rings (SSSR count). The van der Waals surface area contributed by atoms with Gasteiger partial charge in [-0.05, 0) is 36.4 Å². The second kappa shape index (κ2) is 7.99. The van der Waals surface area contributed by atoms with Crippen molar-refractivity contribution in [1.29, 1.82) is 0 Å². The molecular formula is C17H16ClN3O2S. The van der Waals surface area contributed by atoms with Crippen molar-refractivity contribution in [2.24, 2.45) is 0 Å². The summed E-state index contributed by atoms with van der Waals surface area (Å²) in [6, 6.07) is 14.9. The Balaban J connectivity index is 1.36. The van der Waals surface area contributed by atoms with Crippen molar-refractivity contribution in [3.05, 3.63) is 53.6 Å². The number of halogens is 1. The van der Waals surface area contributed by atoms with Crippen LogP contribution in [-0.2, 0) is 4.79 Å². The molecular weight excluding hydrogens is 346 g/mol. The van der Waals surface area contributed by atoms with Crippen LogP contribution in [0.15, 0.2) is 48.5 Å². The molecule has 2 N–H and O–H groups in total. The Labute approximate surface area is 148 Å². The van der Waals surface area contributed by atoms with Gasteiger partial charge in [0.2, 0.25) is 0 Å². The lowest BCUT2D eigenvalue weighted by atomic mass is 10.3. The van der Waals surface area contributed by atoms with Gasteiger partial charge in [0.15, 0.2) is 11.7 Å². The minimum atomic E-state index is -0.170. The van der Waals surface area contributed by atoms with E-state index in [4.69, 9.17) is 16.3 Å². The van der Waals surface area contributed by atoms with Gasteiger partial charge >= 0.3 is 0 Å². The molecule has 0 aliphatic heterocycles. The number of rotatable bonds is 7. The number of carbonyl (C=O) groups is 1. The number of carbonyl (C=O) groups excluding carboxylic acids is 1. The van der Waals surface area contributed by atoms with Crippen molar-refractivity contribution in [3.8, 4) is 5.75 Å². The fourth-order valence-corrected chi connectivity index (χ4v) is 3.07. The first-order chi connectivity index (χ1) is 11.7. The topological polar surface area (TPSA) is 63.2 Å². The molecule has 0 aliphatic carbocycles. The maximum atomic E-state index is 11.7. The number of hydrogen-bond acceptors (Lipinski definition) is 5. The normalized spacial score (nSPS) is 10.5. The highest BCUT2D eigenvalue weighted by atomic mass is 35.5. The molecule has 3 aromatic rings. The number of anilines is 1. The number of thiazole rings is 1. The molecule has 1 heterocycles. The van der Waals surface area contributed by atoms with Crippen molar-refractivity contribution in [1.82, 2.24) is 10.3 Å². The van der Waals surface area contributed by atoms with Gasteiger partial charge in [0, 0.05) is 18.1 Å². The second-order valence-electron chi connectivity index (χ2n) is 5.01. The summed E-state index contributed by atoms with van der Waals surface area (Å²) < 4.78 is 6.52. The van der Waals surface area contributed by atoms with E-state index in [9.17, 15) is 4.79 Å². The van der Waals surface area contributed by atoms with Crippen molar-refractivity contribution in [2.45, 2.75) is 0 Å². The number of benzene rings is 2. The zero-order valence-corrected chi connectivity index (χ0v) is 14.4. The molecule has 0 fully saturated rings. The molecule has 0 saturated carbocycles. The van der Waals surface area contributed by atoms with Crippen molar-refractivity contribution in [3.63, 3.8) is 0 Å². The van der Waals surface area contributed by atoms with Crippen LogP contribution in [0.1, 0.15) is 0 Å². The third-order valence-electron chi connectivity index (χ3n) is 3.20. The highest BCUT2D eigenvalue weighted by Crippen LogP contribution is 2.24. The van der Waals surface area contributed by atoms with Crippen molar-refractivity contribution < 1.29 is 9.53 Å². The summed E-state index contributed by atoms with van der Waals surface area (Å²) in [6.07, 6.45) is 0. The number of hydrogen-bond donors (Lipinski definition) is 2. The third-order valence-corrected chi connectivity index (χ3v) is 4.45. The quantitative estimate of drug-likeness (QED) is 0.632. The van der Waals surface area contributed by atoms with E-state index in [0.717, 1.165) is 15.3 Å². The standard InChI is InChI=1S/C17H16ClN3O2S/c18-12-5-7-13(8-6-12)23-11-16(22)19-9-10-20-17-21-14-3-1-2-4-15(14)24-17/h1-8H,9-11H2,(H,19,22)(H,20,21). The van der Waals surface area contributed by atoms with Crippen LogP contribution in [0.3, 0.4) is 0 Å². The lowest BCUT2D eigenvalue weighted by Gasteiger charge is -2.08. The molecule has 0 unspecified atom stereocenters. The summed E-state index contributed by atoms with van der Waals surface area (Å²) >= 11 is 7.38. The molecule has 24 heavy (non-hydrogen) atoms. The molecule has 5 nitrogen and oxygen atoms in total. The second-order valence-corrected chi connectivity index (χ2v) is 6.47. The highest BCUT2D eigenvalue weighted by molar-refractivity contribution is 7.22. The molecule has 0 atom stereocenters. The predicted molar refractivity (Wildman–Crippen MR) is 98.1 cm³/mol. The van der Waals surface area contributed by atoms with Gasteiger partial charge in [0.1, 0.15) is 5.75 Å². The van der Waals surface area contributed by atoms with Gasteiger partial charge in [-0.3, -0.25) is 4.79 Å². The number of aromatic nitrogens is 1. The largest absolute Gasteiger partial charge is 0.484 e. The Bertz CT molecular complexity index is 787. The number of ether oxygens (including phenoxy) is 1. The van der Waals surface area contributed by atoms with E-state index in [0.29, 0.717) is 23.9 Å². The fraction of sp³-hybridized carbons (Fsp3) is 0.176. The van der Waals surface area contributed by atoms with Crippen molar-refractivity contribution >= 4 is 44.2 Å². The van der Waals surface area contributed by atoms with E-state index < -0.39 is 0 Å². The average Bonchev–Trinajstić information content (AvgIpc) is 3.01. The predicted octanol–water partition coefficient (Wildman–Crippen LogP) is 3.56. The Morgan fingerprint density at radius 2 is 1.92 bits per heavy atom. The summed E-state index contributed by atoms with van der Waals surface area (Å²) in [7, 11) is 0. The third kappa shape index (κ3) is 4.59. The number of para-hydroxylation sites is 1. The van der Waals surface area contributed by atoms with Crippen LogP contribution in [0, 0.1) is 0 Å². The summed E-state index contributed by atoms with van der Waals surface area (Å²) in [6.45, 7) is 1.08. The Morgan fingerprint density at radius 3 is 2.71 bits per heavy atom. The summed E-state index contributed by atoms with van der Waals surface area (Å²) in [5.41, 5.74) is 0.977. The molecule has 7 heteroatoms. The molecule has 0 bridgehead atoms. The lowest BCUT2D eigenvalue weighted by molar-refractivity contribution is -0.123. The monoisotopic (exact) mass is 361 g/mol. The van der Waals surface area contributed by atoms with Crippen LogP contribution in [0.5, 0.6) is 5.75 Å². The van der Waals surface area contributed by atoms with E-state index in [1.165, 1.54) is 0 Å². The summed E-state index contributed by atoms with van der Waals surface area (Å²) in [5.74, 6) is 0.443. The van der Waals surface area contributed by atoms with Gasteiger partial charge in [0.05, 0.1) is 10.2 Å². The maximum Gasteiger partial charge on any atom is 0.258 e. The first kappa shape index (κ1) is 16.5. The molecule has 0 aliphatic rings. The number of fused-ring (bicyclic) bond motifs is 1. The molecule has 2 aromatic carbocycles. The zero-order chi connectivity index (χ0) is 16.8. The van der Waals surface area contributed by atoms with Gasteiger partial charge < -0.3 is 15.4 Å². The number of amides is 1. The molecule has 124 valence electrons. The summed E-state index contributed by atoms with van der Waals surface area (Å²) in [5, 5.41) is 7.48. The molecule has 0 spiro atoms. The van der Waals surface area contributed by atoms with Gasteiger partial charge in [-0.2, -0.15) is 0 Å². The first-order valence-electron chi connectivity index (χ1n) is 7.45. The van der Waals surface area contributed by atoms with E-state index in [2.05, 4.69) is 15.6 Å². The lowest BCUT2D eigenvalue weighted by Crippen LogP contribution is -2.32. The molecule has 1 aromatic heterocycles. The number of nitrogens with zero attached hydrogens (tertiary/aromatic N) is 1. The minimum Gasteiger partial charge on any atom is -0.484 e. The first-order valence-corrected chi connectivity index (χ1v) is 8.65. The smallest absolute Gasteiger partial charge is 0.258 e. The number of nitrogens with one attached hydrogen (secondary N) is 2. The maximum absolute atomic E-state index is 11.7. The van der Waals surface area contributed by atoms with Crippen LogP contribution < -0.4 is 15.4 Å². The highest BCUT2D eigenvalue weighted by Gasteiger charge is 2.04. The van der Waals surface area contributed by atoms with Crippen LogP contribution >= 0.6 is 22.9 Å².